The Morgan fingerprint density at radius 3 is 2.71 bits per heavy atom. The molecule has 0 aliphatic heterocycles. The molecule has 24 heavy (non-hydrogen) atoms. The van der Waals surface area contributed by atoms with E-state index in [9.17, 15) is 8.42 Å². The molecule has 0 amide bonds. The fourth-order valence-corrected chi connectivity index (χ4v) is 2.90. The summed E-state index contributed by atoms with van der Waals surface area (Å²) >= 11 is 0. The molecule has 0 heterocycles. The maximum absolute atomic E-state index is 11.7. The molecule has 0 unspecified atom stereocenters. The lowest BCUT2D eigenvalue weighted by molar-refractivity contribution is 0.414. The third-order valence-electron chi connectivity index (χ3n) is 3.60. The van der Waals surface area contributed by atoms with E-state index in [-0.39, 0.29) is 5.75 Å². The van der Waals surface area contributed by atoms with E-state index in [2.05, 4.69) is 15.6 Å². The molecule has 136 valence electrons. The Hall–Kier alpha value is -1.80. The van der Waals surface area contributed by atoms with Crippen molar-refractivity contribution >= 4 is 16.0 Å². The molecule has 0 aromatic heterocycles. The van der Waals surface area contributed by atoms with Crippen LogP contribution in [0.1, 0.15) is 18.9 Å². The predicted molar refractivity (Wildman–Crippen MR) is 97.9 cm³/mol. The molecule has 0 aliphatic carbocycles. The largest absolute Gasteiger partial charge is 0.497 e. The first kappa shape index (κ1) is 20.2. The number of aliphatic imine (C=N–C) groups is 1. The maximum atomic E-state index is 11.7. The third-order valence-corrected chi connectivity index (χ3v) is 5.46. The van der Waals surface area contributed by atoms with Gasteiger partial charge in [-0.25, -0.2) is 12.7 Å². The van der Waals surface area contributed by atoms with Gasteiger partial charge >= 0.3 is 0 Å². The molecule has 0 saturated heterocycles. The van der Waals surface area contributed by atoms with Gasteiger partial charge in [-0.15, -0.1) is 0 Å². The highest BCUT2D eigenvalue weighted by Crippen LogP contribution is 2.11. The summed E-state index contributed by atoms with van der Waals surface area (Å²) in [6.07, 6.45) is 0.704. The van der Waals surface area contributed by atoms with Crippen molar-refractivity contribution in [2.45, 2.75) is 19.9 Å². The predicted octanol–water partition coefficient (Wildman–Crippen LogP) is 1.03. The lowest BCUT2D eigenvalue weighted by Gasteiger charge is -2.17. The smallest absolute Gasteiger partial charge is 0.213 e. The second-order valence-electron chi connectivity index (χ2n) is 5.28. The molecule has 0 radical (unpaired) electrons. The number of rotatable bonds is 9. The first-order chi connectivity index (χ1) is 11.4. The summed E-state index contributed by atoms with van der Waals surface area (Å²) in [6, 6.07) is 7.81. The highest BCUT2D eigenvalue weighted by atomic mass is 32.2. The molecule has 0 atom stereocenters. The fraction of sp³-hybridized carbons (Fsp3) is 0.562. The van der Waals surface area contributed by atoms with Crippen LogP contribution in [0.15, 0.2) is 29.3 Å². The summed E-state index contributed by atoms with van der Waals surface area (Å²) in [6.45, 7) is 3.40. The minimum Gasteiger partial charge on any atom is -0.497 e. The van der Waals surface area contributed by atoms with Crippen LogP contribution < -0.4 is 15.4 Å². The molecule has 8 heteroatoms. The molecule has 1 rings (SSSR count). The Labute approximate surface area is 145 Å². The Kier molecular flexibility index (Phi) is 8.56. The van der Waals surface area contributed by atoms with Crippen molar-refractivity contribution in [1.82, 2.24) is 14.9 Å². The topological polar surface area (TPSA) is 83.0 Å². The third kappa shape index (κ3) is 6.76. The molecule has 0 saturated carbocycles. The number of sulfonamides is 1. The minimum absolute atomic E-state index is 0.126. The van der Waals surface area contributed by atoms with Crippen LogP contribution in [0, 0.1) is 0 Å². The van der Waals surface area contributed by atoms with Crippen LogP contribution in [-0.4, -0.2) is 58.7 Å². The number of nitrogens with one attached hydrogen (secondary N) is 2. The molecule has 1 aromatic rings. The lowest BCUT2D eigenvalue weighted by Crippen LogP contribution is -2.38. The quantitative estimate of drug-likeness (QED) is 0.392. The molecular weight excluding hydrogens is 328 g/mol. The van der Waals surface area contributed by atoms with E-state index in [0.29, 0.717) is 32.0 Å². The average molecular weight is 356 g/mol. The molecule has 2 N–H and O–H groups in total. The number of methoxy groups -OCH3 is 1. The van der Waals surface area contributed by atoms with E-state index < -0.39 is 10.0 Å². The zero-order valence-corrected chi connectivity index (χ0v) is 15.7. The zero-order valence-electron chi connectivity index (χ0n) is 14.9. The fourth-order valence-electron chi connectivity index (χ4n) is 2.06. The van der Waals surface area contributed by atoms with Crippen LogP contribution in [0.5, 0.6) is 5.75 Å². The van der Waals surface area contributed by atoms with Gasteiger partial charge in [0, 0.05) is 33.7 Å². The normalized spacial score (nSPS) is 12.3. The standard InChI is InChI=1S/C16H28N4O3S/c1-5-24(21,22)20(3)11-7-10-18-16(17-2)19-13-14-8-6-9-15(12-14)23-4/h6,8-9,12H,5,7,10-11,13H2,1-4H3,(H2,17,18,19). The summed E-state index contributed by atoms with van der Waals surface area (Å²) in [5, 5.41) is 6.40. The summed E-state index contributed by atoms with van der Waals surface area (Å²) in [5.41, 5.74) is 1.09. The van der Waals surface area contributed by atoms with Crippen LogP contribution in [0.3, 0.4) is 0 Å². The van der Waals surface area contributed by atoms with Crippen LogP contribution in [0.25, 0.3) is 0 Å². The van der Waals surface area contributed by atoms with Gasteiger partial charge in [-0.1, -0.05) is 12.1 Å². The van der Waals surface area contributed by atoms with Crippen molar-refractivity contribution in [2.24, 2.45) is 4.99 Å². The van der Waals surface area contributed by atoms with E-state index in [4.69, 9.17) is 4.74 Å². The number of ether oxygens (including phenoxy) is 1. The van der Waals surface area contributed by atoms with Crippen LogP contribution in [0.4, 0.5) is 0 Å². The van der Waals surface area contributed by atoms with Gasteiger partial charge in [0.25, 0.3) is 0 Å². The first-order valence-corrected chi connectivity index (χ1v) is 9.55. The minimum atomic E-state index is -3.11. The number of benzene rings is 1. The van der Waals surface area contributed by atoms with Gasteiger partial charge in [-0.3, -0.25) is 4.99 Å². The van der Waals surface area contributed by atoms with E-state index in [1.807, 2.05) is 24.3 Å². The molecular formula is C16H28N4O3S. The van der Waals surface area contributed by atoms with Crippen molar-refractivity contribution < 1.29 is 13.2 Å². The Morgan fingerprint density at radius 1 is 1.33 bits per heavy atom. The van der Waals surface area contributed by atoms with Crippen molar-refractivity contribution in [2.75, 3.05) is 40.0 Å². The van der Waals surface area contributed by atoms with E-state index in [0.717, 1.165) is 11.3 Å². The molecule has 0 aliphatic rings. The number of hydrogen-bond acceptors (Lipinski definition) is 4. The Bertz CT molecular complexity index is 632. The van der Waals surface area contributed by atoms with Gasteiger partial charge in [0.2, 0.25) is 10.0 Å². The molecule has 0 bridgehead atoms. The summed E-state index contributed by atoms with van der Waals surface area (Å²) in [4.78, 5) is 4.16. The van der Waals surface area contributed by atoms with Gasteiger partial charge in [0.1, 0.15) is 5.75 Å². The average Bonchev–Trinajstić information content (AvgIpc) is 2.60. The maximum Gasteiger partial charge on any atom is 0.213 e. The SMILES string of the molecule is CCS(=O)(=O)N(C)CCCNC(=NC)NCc1cccc(OC)c1. The highest BCUT2D eigenvalue weighted by Gasteiger charge is 2.13. The van der Waals surface area contributed by atoms with E-state index in [1.165, 1.54) is 4.31 Å². The second kappa shape index (κ2) is 10.1. The van der Waals surface area contributed by atoms with Crippen molar-refractivity contribution in [3.63, 3.8) is 0 Å². The van der Waals surface area contributed by atoms with Crippen LogP contribution in [0.2, 0.25) is 0 Å². The van der Waals surface area contributed by atoms with Gasteiger partial charge in [0.15, 0.2) is 5.96 Å². The summed E-state index contributed by atoms with van der Waals surface area (Å²) in [7, 11) is 1.84. The number of guanidine groups is 1. The Morgan fingerprint density at radius 2 is 2.08 bits per heavy atom. The summed E-state index contributed by atoms with van der Waals surface area (Å²) in [5.74, 6) is 1.62. The van der Waals surface area contributed by atoms with Crippen LogP contribution >= 0.6 is 0 Å². The first-order valence-electron chi connectivity index (χ1n) is 7.94. The van der Waals surface area contributed by atoms with Gasteiger partial charge in [-0.2, -0.15) is 0 Å². The van der Waals surface area contributed by atoms with Crippen molar-refractivity contribution in [3.05, 3.63) is 29.8 Å². The number of hydrogen-bond donors (Lipinski definition) is 2. The van der Waals surface area contributed by atoms with Crippen molar-refractivity contribution in [3.8, 4) is 5.75 Å². The van der Waals surface area contributed by atoms with E-state index >= 15 is 0 Å². The second-order valence-corrected chi connectivity index (χ2v) is 7.64. The Balaban J connectivity index is 2.35. The summed E-state index contributed by atoms with van der Waals surface area (Å²) < 4.78 is 29.9. The monoisotopic (exact) mass is 356 g/mol. The van der Waals surface area contributed by atoms with E-state index in [1.54, 1.807) is 28.1 Å². The molecule has 7 nitrogen and oxygen atoms in total. The van der Waals surface area contributed by atoms with Gasteiger partial charge < -0.3 is 15.4 Å². The van der Waals surface area contributed by atoms with Gasteiger partial charge in [-0.05, 0) is 31.0 Å². The zero-order chi connectivity index (χ0) is 18.0. The highest BCUT2D eigenvalue weighted by molar-refractivity contribution is 7.89. The molecule has 1 aromatic carbocycles. The number of nitrogens with zero attached hydrogens (tertiary/aromatic N) is 2. The van der Waals surface area contributed by atoms with Crippen LogP contribution in [-0.2, 0) is 16.6 Å². The molecule has 0 fully saturated rings. The van der Waals surface area contributed by atoms with Crippen molar-refractivity contribution in [1.29, 1.82) is 0 Å². The molecule has 0 spiro atoms. The lowest BCUT2D eigenvalue weighted by atomic mass is 10.2. The van der Waals surface area contributed by atoms with Gasteiger partial charge in [0.05, 0.1) is 12.9 Å².